The van der Waals surface area contributed by atoms with Crippen LogP contribution < -0.4 is 9.80 Å². The van der Waals surface area contributed by atoms with Gasteiger partial charge in [-0.25, -0.2) is 9.97 Å². The molecule has 2 unspecified atom stereocenters. The molecule has 0 radical (unpaired) electrons. The number of aliphatic carboxylic acids is 1. The molecule has 1 aromatic carbocycles. The van der Waals surface area contributed by atoms with Crippen LogP contribution in [0.2, 0.25) is 0 Å². The van der Waals surface area contributed by atoms with Crippen LogP contribution in [0, 0.1) is 0 Å². The number of fused-ring (bicyclic) bond motifs is 1. The van der Waals surface area contributed by atoms with Crippen molar-refractivity contribution in [3.05, 3.63) is 24.3 Å². The van der Waals surface area contributed by atoms with Gasteiger partial charge < -0.3 is 19.6 Å². The Bertz CT molecular complexity index is 772. The third kappa shape index (κ3) is 4.04. The second-order valence-electron chi connectivity index (χ2n) is 6.84. The minimum Gasteiger partial charge on any atom is -0.480 e. The normalized spacial score (nSPS) is 20.3. The van der Waals surface area contributed by atoms with Gasteiger partial charge in [0.1, 0.15) is 6.54 Å². The summed E-state index contributed by atoms with van der Waals surface area (Å²) in [6.07, 6.45) is 0.995. The molecule has 26 heavy (non-hydrogen) atoms. The van der Waals surface area contributed by atoms with Gasteiger partial charge in [-0.3, -0.25) is 4.79 Å². The van der Waals surface area contributed by atoms with Gasteiger partial charge >= 0.3 is 5.97 Å². The molecule has 0 aliphatic carbocycles. The number of nitrogens with zero attached hydrogens (tertiary/aromatic N) is 4. The zero-order valence-corrected chi connectivity index (χ0v) is 15.6. The number of carbonyl (C=O) groups is 1. The number of aromatic nitrogens is 2. The van der Waals surface area contributed by atoms with Crippen LogP contribution >= 0.6 is 0 Å². The van der Waals surface area contributed by atoms with Crippen molar-refractivity contribution >= 4 is 28.6 Å². The third-order valence-electron chi connectivity index (χ3n) is 4.37. The molecule has 140 valence electrons. The molecular formula is C19H26N4O3. The molecule has 1 N–H and O–H groups in total. The second-order valence-corrected chi connectivity index (χ2v) is 6.84. The molecule has 1 fully saturated rings. The number of rotatable bonds is 6. The lowest BCUT2D eigenvalue weighted by Crippen LogP contribution is -2.46. The predicted octanol–water partition coefficient (Wildman–Crippen LogP) is 2.54. The Morgan fingerprint density at radius 1 is 1.23 bits per heavy atom. The van der Waals surface area contributed by atoms with Gasteiger partial charge in [-0.2, -0.15) is 0 Å². The van der Waals surface area contributed by atoms with E-state index in [0.29, 0.717) is 25.5 Å². The predicted molar refractivity (Wildman–Crippen MR) is 102 cm³/mol. The number of ether oxygens (including phenoxy) is 1. The first-order valence-corrected chi connectivity index (χ1v) is 9.11. The standard InChI is InChI=1S/C19H26N4O3/c1-4-9-22(12-17(24)25)18-19(23-10-13(2)26-14(3)11-23)21-16-8-6-5-7-15(16)20-18/h5-8,13-14H,4,9-12H2,1-3H3,(H,24,25). The molecular weight excluding hydrogens is 332 g/mol. The Labute approximate surface area is 153 Å². The second kappa shape index (κ2) is 7.86. The zero-order chi connectivity index (χ0) is 18.7. The van der Waals surface area contributed by atoms with Crippen molar-refractivity contribution in [2.45, 2.75) is 39.4 Å². The van der Waals surface area contributed by atoms with Crippen LogP contribution in [-0.2, 0) is 9.53 Å². The van der Waals surface area contributed by atoms with E-state index in [2.05, 4.69) is 4.90 Å². The van der Waals surface area contributed by atoms with Crippen LogP contribution in [0.4, 0.5) is 11.6 Å². The molecule has 0 saturated carbocycles. The summed E-state index contributed by atoms with van der Waals surface area (Å²) in [5.74, 6) is 0.498. The molecule has 7 nitrogen and oxygen atoms in total. The maximum absolute atomic E-state index is 11.4. The monoisotopic (exact) mass is 358 g/mol. The van der Waals surface area contributed by atoms with E-state index < -0.39 is 5.97 Å². The van der Waals surface area contributed by atoms with Crippen LogP contribution in [0.5, 0.6) is 0 Å². The van der Waals surface area contributed by atoms with Gasteiger partial charge in [0.25, 0.3) is 0 Å². The molecule has 1 aliphatic rings. The fraction of sp³-hybridized carbons (Fsp3) is 0.526. The molecule has 0 spiro atoms. The summed E-state index contributed by atoms with van der Waals surface area (Å²) in [6, 6.07) is 7.70. The minimum atomic E-state index is -0.872. The van der Waals surface area contributed by atoms with Gasteiger partial charge in [-0.05, 0) is 32.4 Å². The lowest BCUT2D eigenvalue weighted by Gasteiger charge is -2.37. The van der Waals surface area contributed by atoms with E-state index in [4.69, 9.17) is 14.7 Å². The van der Waals surface area contributed by atoms with Crippen molar-refractivity contribution in [3.63, 3.8) is 0 Å². The third-order valence-corrected chi connectivity index (χ3v) is 4.37. The fourth-order valence-electron chi connectivity index (χ4n) is 3.45. The summed E-state index contributed by atoms with van der Waals surface area (Å²) in [5, 5.41) is 9.35. The minimum absolute atomic E-state index is 0.0824. The van der Waals surface area contributed by atoms with E-state index in [0.717, 1.165) is 23.3 Å². The van der Waals surface area contributed by atoms with Gasteiger partial charge in [0.2, 0.25) is 0 Å². The van der Waals surface area contributed by atoms with Crippen molar-refractivity contribution in [2.75, 3.05) is 36.0 Å². The number of hydrogen-bond acceptors (Lipinski definition) is 6. The number of carboxylic acid groups (broad SMARTS) is 1. The van der Waals surface area contributed by atoms with Crippen LogP contribution in [0.1, 0.15) is 27.2 Å². The fourth-order valence-corrected chi connectivity index (χ4v) is 3.45. The van der Waals surface area contributed by atoms with Crippen molar-refractivity contribution in [1.29, 1.82) is 0 Å². The lowest BCUT2D eigenvalue weighted by molar-refractivity contribution is -0.135. The van der Waals surface area contributed by atoms with Gasteiger partial charge in [-0.1, -0.05) is 19.1 Å². The number of benzene rings is 1. The molecule has 1 aromatic heterocycles. The number of carboxylic acids is 1. The van der Waals surface area contributed by atoms with Crippen LogP contribution in [0.3, 0.4) is 0 Å². The van der Waals surface area contributed by atoms with E-state index in [1.807, 2.05) is 49.9 Å². The average molecular weight is 358 g/mol. The zero-order valence-electron chi connectivity index (χ0n) is 15.6. The Morgan fingerprint density at radius 3 is 2.42 bits per heavy atom. The number of para-hydroxylation sites is 2. The highest BCUT2D eigenvalue weighted by molar-refractivity contribution is 5.83. The smallest absolute Gasteiger partial charge is 0.323 e. The highest BCUT2D eigenvalue weighted by Crippen LogP contribution is 2.30. The summed E-state index contributed by atoms with van der Waals surface area (Å²) in [7, 11) is 0. The molecule has 2 heterocycles. The maximum atomic E-state index is 11.4. The molecule has 1 aliphatic heterocycles. The molecule has 0 amide bonds. The van der Waals surface area contributed by atoms with Gasteiger partial charge in [0, 0.05) is 19.6 Å². The van der Waals surface area contributed by atoms with Gasteiger partial charge in [0.15, 0.2) is 11.6 Å². The van der Waals surface area contributed by atoms with Crippen LogP contribution in [0.15, 0.2) is 24.3 Å². The molecule has 7 heteroatoms. The topological polar surface area (TPSA) is 78.8 Å². The number of hydrogen-bond donors (Lipinski definition) is 1. The average Bonchev–Trinajstić information content (AvgIpc) is 2.59. The molecule has 3 rings (SSSR count). The first kappa shape index (κ1) is 18.4. The summed E-state index contributed by atoms with van der Waals surface area (Å²) in [6.45, 7) is 8.04. The summed E-state index contributed by atoms with van der Waals surface area (Å²) >= 11 is 0. The first-order chi connectivity index (χ1) is 12.5. The quantitative estimate of drug-likeness (QED) is 0.850. The van der Waals surface area contributed by atoms with E-state index in [-0.39, 0.29) is 18.8 Å². The van der Waals surface area contributed by atoms with E-state index in [9.17, 15) is 9.90 Å². The van der Waals surface area contributed by atoms with E-state index in [1.165, 1.54) is 0 Å². The SMILES string of the molecule is CCCN(CC(=O)O)c1nc2ccccc2nc1N1CC(C)OC(C)C1. The van der Waals surface area contributed by atoms with Crippen molar-refractivity contribution in [1.82, 2.24) is 9.97 Å². The Hall–Kier alpha value is -2.41. The number of anilines is 2. The van der Waals surface area contributed by atoms with Gasteiger partial charge in [-0.15, -0.1) is 0 Å². The summed E-state index contributed by atoms with van der Waals surface area (Å²) < 4.78 is 5.84. The molecule has 2 atom stereocenters. The van der Waals surface area contributed by atoms with Crippen molar-refractivity contribution in [2.24, 2.45) is 0 Å². The molecule has 1 saturated heterocycles. The largest absolute Gasteiger partial charge is 0.480 e. The van der Waals surface area contributed by atoms with Crippen LogP contribution in [-0.4, -0.2) is 59.4 Å². The molecule has 2 aromatic rings. The van der Waals surface area contributed by atoms with Crippen LogP contribution in [0.25, 0.3) is 11.0 Å². The highest BCUT2D eigenvalue weighted by Gasteiger charge is 2.28. The van der Waals surface area contributed by atoms with E-state index in [1.54, 1.807) is 0 Å². The first-order valence-electron chi connectivity index (χ1n) is 9.11. The lowest BCUT2D eigenvalue weighted by atomic mass is 10.2. The van der Waals surface area contributed by atoms with Crippen molar-refractivity contribution < 1.29 is 14.6 Å². The highest BCUT2D eigenvalue weighted by atomic mass is 16.5. The molecule has 0 bridgehead atoms. The Kier molecular flexibility index (Phi) is 5.56. The summed E-state index contributed by atoms with van der Waals surface area (Å²) in [4.78, 5) is 25.0. The van der Waals surface area contributed by atoms with E-state index >= 15 is 0 Å². The van der Waals surface area contributed by atoms with Crippen molar-refractivity contribution in [3.8, 4) is 0 Å². The Morgan fingerprint density at radius 2 is 1.85 bits per heavy atom. The maximum Gasteiger partial charge on any atom is 0.323 e. The number of morpholine rings is 1. The van der Waals surface area contributed by atoms with Gasteiger partial charge in [0.05, 0.1) is 23.2 Å². The summed E-state index contributed by atoms with van der Waals surface area (Å²) in [5.41, 5.74) is 1.58. The Balaban J connectivity index is 2.10.